The van der Waals surface area contributed by atoms with Gasteiger partial charge in [0.15, 0.2) is 0 Å². The third-order valence-corrected chi connectivity index (χ3v) is 3.00. The maximum atomic E-state index is 12.1. The summed E-state index contributed by atoms with van der Waals surface area (Å²) < 4.78 is 0. The molecule has 0 radical (unpaired) electrons. The predicted molar refractivity (Wildman–Crippen MR) is 64.1 cm³/mol. The minimum Gasteiger partial charge on any atom is -0.339 e. The number of likely N-dealkylation sites (tertiary alicyclic amines) is 1. The average molecular weight is 225 g/mol. The number of nitrogens with zero attached hydrogens (tertiary/aromatic N) is 1. The summed E-state index contributed by atoms with van der Waals surface area (Å²) in [6.07, 6.45) is 5.20. The standard InChI is InChI=1S/C13H23NO2/c1-13(2,3)10-12(16)14-8-5-4-6-11(14)7-9-15/h9,11H,4-8,10H2,1-3H3. The Bertz CT molecular complexity index is 255. The van der Waals surface area contributed by atoms with E-state index in [2.05, 4.69) is 20.8 Å². The van der Waals surface area contributed by atoms with Crippen LogP contribution in [0.3, 0.4) is 0 Å². The van der Waals surface area contributed by atoms with Gasteiger partial charge in [-0.2, -0.15) is 0 Å². The molecule has 0 N–H and O–H groups in total. The molecular formula is C13H23NO2. The molecule has 1 saturated heterocycles. The monoisotopic (exact) mass is 225 g/mol. The molecule has 1 aliphatic rings. The molecule has 1 amide bonds. The summed E-state index contributed by atoms with van der Waals surface area (Å²) in [7, 11) is 0. The van der Waals surface area contributed by atoms with Crippen molar-refractivity contribution in [2.75, 3.05) is 6.54 Å². The van der Waals surface area contributed by atoms with Crippen LogP contribution in [-0.4, -0.2) is 29.7 Å². The lowest BCUT2D eigenvalue weighted by Gasteiger charge is -2.36. The third kappa shape index (κ3) is 3.95. The highest BCUT2D eigenvalue weighted by Gasteiger charge is 2.28. The van der Waals surface area contributed by atoms with E-state index in [0.717, 1.165) is 32.1 Å². The predicted octanol–water partition coefficient (Wildman–Crippen LogP) is 2.39. The van der Waals surface area contributed by atoms with Crippen molar-refractivity contribution in [3.05, 3.63) is 0 Å². The zero-order chi connectivity index (χ0) is 12.2. The zero-order valence-corrected chi connectivity index (χ0v) is 10.7. The molecular weight excluding hydrogens is 202 g/mol. The SMILES string of the molecule is CC(C)(C)CC(=O)N1CCCCC1CC=O. The molecule has 3 nitrogen and oxygen atoms in total. The first kappa shape index (κ1) is 13.2. The molecule has 1 aliphatic heterocycles. The first-order valence-corrected chi connectivity index (χ1v) is 6.17. The Labute approximate surface area is 98.2 Å². The summed E-state index contributed by atoms with van der Waals surface area (Å²) in [5, 5.41) is 0. The zero-order valence-electron chi connectivity index (χ0n) is 10.7. The van der Waals surface area contributed by atoms with Gasteiger partial charge in [-0.25, -0.2) is 0 Å². The lowest BCUT2D eigenvalue weighted by molar-refractivity contribution is -0.137. The van der Waals surface area contributed by atoms with Gasteiger partial charge in [-0.3, -0.25) is 4.79 Å². The van der Waals surface area contributed by atoms with E-state index in [1.807, 2.05) is 4.90 Å². The molecule has 1 unspecified atom stereocenters. The van der Waals surface area contributed by atoms with Crippen molar-refractivity contribution in [2.24, 2.45) is 5.41 Å². The number of piperidine rings is 1. The number of hydrogen-bond acceptors (Lipinski definition) is 2. The summed E-state index contributed by atoms with van der Waals surface area (Å²) in [6.45, 7) is 7.05. The van der Waals surface area contributed by atoms with E-state index in [1.165, 1.54) is 0 Å². The molecule has 0 aliphatic carbocycles. The highest BCUT2D eigenvalue weighted by Crippen LogP contribution is 2.25. The Kier molecular flexibility index (Phi) is 4.51. The maximum Gasteiger partial charge on any atom is 0.223 e. The minimum absolute atomic E-state index is 0.0280. The van der Waals surface area contributed by atoms with Crippen LogP contribution in [0.1, 0.15) is 52.9 Å². The Morgan fingerprint density at radius 2 is 2.06 bits per heavy atom. The molecule has 92 valence electrons. The van der Waals surface area contributed by atoms with Crippen LogP contribution in [0.2, 0.25) is 0 Å². The maximum absolute atomic E-state index is 12.1. The first-order chi connectivity index (χ1) is 7.44. The van der Waals surface area contributed by atoms with Crippen LogP contribution >= 0.6 is 0 Å². The van der Waals surface area contributed by atoms with Crippen LogP contribution in [0.5, 0.6) is 0 Å². The molecule has 0 aromatic carbocycles. The molecule has 1 rings (SSSR count). The summed E-state index contributed by atoms with van der Waals surface area (Å²) in [5.74, 6) is 0.207. The van der Waals surface area contributed by atoms with Gasteiger partial charge in [0.2, 0.25) is 5.91 Å². The van der Waals surface area contributed by atoms with Crippen molar-refractivity contribution in [1.82, 2.24) is 4.90 Å². The highest BCUT2D eigenvalue weighted by molar-refractivity contribution is 5.77. The second kappa shape index (κ2) is 5.46. The van der Waals surface area contributed by atoms with E-state index in [9.17, 15) is 9.59 Å². The Morgan fingerprint density at radius 3 is 2.62 bits per heavy atom. The normalized spacial score (nSPS) is 21.9. The van der Waals surface area contributed by atoms with Crippen molar-refractivity contribution in [2.45, 2.75) is 58.9 Å². The van der Waals surface area contributed by atoms with Gasteiger partial charge in [-0.05, 0) is 24.7 Å². The summed E-state index contributed by atoms with van der Waals surface area (Å²) in [5.41, 5.74) is 0.0280. The van der Waals surface area contributed by atoms with Gasteiger partial charge in [-0.1, -0.05) is 20.8 Å². The first-order valence-electron chi connectivity index (χ1n) is 6.17. The number of rotatable bonds is 3. The average Bonchev–Trinajstić information content (AvgIpc) is 2.16. The smallest absolute Gasteiger partial charge is 0.223 e. The van der Waals surface area contributed by atoms with Gasteiger partial charge in [-0.15, -0.1) is 0 Å². The lowest BCUT2D eigenvalue weighted by Crippen LogP contribution is -2.45. The van der Waals surface area contributed by atoms with Crippen molar-refractivity contribution < 1.29 is 9.59 Å². The second-order valence-electron chi connectivity index (χ2n) is 5.88. The van der Waals surface area contributed by atoms with Gasteiger partial charge in [0, 0.05) is 25.4 Å². The Hall–Kier alpha value is -0.860. The third-order valence-electron chi connectivity index (χ3n) is 3.00. The van der Waals surface area contributed by atoms with E-state index >= 15 is 0 Å². The van der Waals surface area contributed by atoms with Crippen molar-refractivity contribution in [3.63, 3.8) is 0 Å². The molecule has 1 fully saturated rings. The highest BCUT2D eigenvalue weighted by atomic mass is 16.2. The van der Waals surface area contributed by atoms with Crippen LogP contribution in [-0.2, 0) is 9.59 Å². The fraction of sp³-hybridized carbons (Fsp3) is 0.846. The summed E-state index contributed by atoms with van der Waals surface area (Å²) >= 11 is 0. The van der Waals surface area contributed by atoms with Crippen molar-refractivity contribution in [3.8, 4) is 0 Å². The molecule has 1 atom stereocenters. The van der Waals surface area contributed by atoms with Crippen LogP contribution in [0.15, 0.2) is 0 Å². The van der Waals surface area contributed by atoms with Gasteiger partial charge < -0.3 is 9.69 Å². The molecule has 3 heteroatoms. The molecule has 16 heavy (non-hydrogen) atoms. The van der Waals surface area contributed by atoms with E-state index in [0.29, 0.717) is 12.8 Å². The van der Waals surface area contributed by atoms with Gasteiger partial charge in [0.25, 0.3) is 0 Å². The van der Waals surface area contributed by atoms with Crippen molar-refractivity contribution >= 4 is 12.2 Å². The van der Waals surface area contributed by atoms with E-state index < -0.39 is 0 Å². The van der Waals surface area contributed by atoms with Gasteiger partial charge in [0.05, 0.1) is 0 Å². The lowest BCUT2D eigenvalue weighted by atomic mass is 9.90. The second-order valence-corrected chi connectivity index (χ2v) is 5.88. The van der Waals surface area contributed by atoms with Crippen molar-refractivity contribution in [1.29, 1.82) is 0 Å². The minimum atomic E-state index is 0.0280. The fourth-order valence-electron chi connectivity index (χ4n) is 2.24. The molecule has 0 aromatic rings. The number of aldehydes is 1. The Balaban J connectivity index is 2.60. The molecule has 0 saturated carbocycles. The number of amides is 1. The summed E-state index contributed by atoms with van der Waals surface area (Å²) in [6, 6.07) is 0.154. The molecule has 1 heterocycles. The number of carbonyl (C=O) groups excluding carboxylic acids is 2. The van der Waals surface area contributed by atoms with Crippen LogP contribution in [0.4, 0.5) is 0 Å². The quantitative estimate of drug-likeness (QED) is 0.692. The summed E-state index contributed by atoms with van der Waals surface area (Å²) in [4.78, 5) is 24.6. The molecule has 0 spiro atoms. The molecule has 0 aromatic heterocycles. The van der Waals surface area contributed by atoms with Crippen LogP contribution in [0.25, 0.3) is 0 Å². The van der Waals surface area contributed by atoms with Gasteiger partial charge >= 0.3 is 0 Å². The topological polar surface area (TPSA) is 37.4 Å². The fourth-order valence-corrected chi connectivity index (χ4v) is 2.24. The molecule has 0 bridgehead atoms. The van der Waals surface area contributed by atoms with Crippen LogP contribution < -0.4 is 0 Å². The van der Waals surface area contributed by atoms with E-state index in [-0.39, 0.29) is 17.4 Å². The van der Waals surface area contributed by atoms with E-state index in [1.54, 1.807) is 0 Å². The van der Waals surface area contributed by atoms with Crippen LogP contribution in [0, 0.1) is 5.41 Å². The van der Waals surface area contributed by atoms with E-state index in [4.69, 9.17) is 0 Å². The largest absolute Gasteiger partial charge is 0.339 e. The number of hydrogen-bond donors (Lipinski definition) is 0. The van der Waals surface area contributed by atoms with Gasteiger partial charge in [0.1, 0.15) is 6.29 Å². The number of carbonyl (C=O) groups is 2. The Morgan fingerprint density at radius 1 is 1.38 bits per heavy atom.